The number of nitro groups is 1. The van der Waals surface area contributed by atoms with Crippen LogP contribution in [0.3, 0.4) is 0 Å². The minimum absolute atomic E-state index is 0.00196. The first-order valence-corrected chi connectivity index (χ1v) is 6.67. The molecule has 8 nitrogen and oxygen atoms in total. The van der Waals surface area contributed by atoms with E-state index >= 15 is 0 Å². The van der Waals surface area contributed by atoms with Crippen LogP contribution in [-0.4, -0.2) is 48.0 Å². The highest BCUT2D eigenvalue weighted by Gasteiger charge is 2.24. The van der Waals surface area contributed by atoms with Crippen LogP contribution < -0.4 is 4.74 Å². The second-order valence-corrected chi connectivity index (χ2v) is 4.48. The third kappa shape index (κ3) is 4.72. The highest BCUT2D eigenvalue weighted by atomic mass is 16.6. The Bertz CT molecular complexity index is 560. The van der Waals surface area contributed by atoms with Gasteiger partial charge in [0.25, 0.3) is 5.91 Å². The van der Waals surface area contributed by atoms with Gasteiger partial charge in [-0.2, -0.15) is 0 Å². The van der Waals surface area contributed by atoms with Gasteiger partial charge < -0.3 is 14.4 Å². The lowest BCUT2D eigenvalue weighted by atomic mass is 10.3. The molecule has 0 heterocycles. The molecule has 0 radical (unpaired) electrons. The molecule has 1 atom stereocenters. The summed E-state index contributed by atoms with van der Waals surface area (Å²) in [7, 11) is 1.43. The van der Waals surface area contributed by atoms with E-state index < -0.39 is 22.9 Å². The average molecular weight is 310 g/mol. The molecule has 1 aromatic carbocycles. The predicted octanol–water partition coefficient (Wildman–Crippen LogP) is 1.38. The Morgan fingerprint density at radius 2 is 2.00 bits per heavy atom. The summed E-state index contributed by atoms with van der Waals surface area (Å²) >= 11 is 0. The van der Waals surface area contributed by atoms with Gasteiger partial charge in [-0.05, 0) is 19.9 Å². The van der Waals surface area contributed by atoms with Crippen molar-refractivity contribution in [2.45, 2.75) is 20.0 Å². The molecule has 0 aliphatic carbocycles. The number of nitrogens with zero attached hydrogens (tertiary/aromatic N) is 2. The van der Waals surface area contributed by atoms with Crippen molar-refractivity contribution in [1.29, 1.82) is 0 Å². The lowest BCUT2D eigenvalue weighted by Gasteiger charge is -2.21. The number of amides is 1. The van der Waals surface area contributed by atoms with E-state index in [1.807, 2.05) is 0 Å². The van der Waals surface area contributed by atoms with E-state index in [0.29, 0.717) is 0 Å². The Kier molecular flexibility index (Phi) is 6.30. The van der Waals surface area contributed by atoms with Crippen molar-refractivity contribution in [3.63, 3.8) is 0 Å². The average Bonchev–Trinajstić information content (AvgIpc) is 2.46. The van der Waals surface area contributed by atoms with Crippen LogP contribution in [0.2, 0.25) is 0 Å². The smallest absolute Gasteiger partial charge is 0.325 e. The van der Waals surface area contributed by atoms with Crippen molar-refractivity contribution < 1.29 is 24.0 Å². The zero-order valence-corrected chi connectivity index (χ0v) is 12.6. The molecule has 0 saturated heterocycles. The summed E-state index contributed by atoms with van der Waals surface area (Å²) in [6.45, 7) is 3.14. The van der Waals surface area contributed by atoms with E-state index in [4.69, 9.17) is 9.47 Å². The summed E-state index contributed by atoms with van der Waals surface area (Å²) in [6.07, 6.45) is -0.972. The van der Waals surface area contributed by atoms with E-state index in [1.165, 1.54) is 32.2 Å². The number of hydrogen-bond acceptors (Lipinski definition) is 6. The minimum atomic E-state index is -0.972. The number of carbonyl (C=O) groups excluding carboxylic acids is 2. The van der Waals surface area contributed by atoms with Crippen molar-refractivity contribution in [3.05, 3.63) is 34.4 Å². The molecule has 0 fully saturated rings. The van der Waals surface area contributed by atoms with Crippen LogP contribution in [0.1, 0.15) is 13.8 Å². The molecule has 1 aromatic rings. The van der Waals surface area contributed by atoms with Crippen LogP contribution in [0.4, 0.5) is 5.69 Å². The van der Waals surface area contributed by atoms with Crippen LogP contribution in [0.5, 0.6) is 5.75 Å². The number of likely N-dealkylation sites (N-methyl/N-ethyl adjacent to an activating group) is 1. The Hall–Kier alpha value is -2.64. The molecular weight excluding hydrogens is 292 g/mol. The van der Waals surface area contributed by atoms with Gasteiger partial charge in [-0.25, -0.2) is 0 Å². The first-order valence-electron chi connectivity index (χ1n) is 6.67. The summed E-state index contributed by atoms with van der Waals surface area (Å²) in [5.41, 5.74) is -0.227. The maximum absolute atomic E-state index is 12.1. The zero-order valence-electron chi connectivity index (χ0n) is 12.6. The van der Waals surface area contributed by atoms with Gasteiger partial charge in [-0.15, -0.1) is 0 Å². The fraction of sp³-hybridized carbons (Fsp3) is 0.429. The minimum Gasteiger partial charge on any atom is -0.474 e. The maximum Gasteiger partial charge on any atom is 0.325 e. The Morgan fingerprint density at radius 1 is 1.36 bits per heavy atom. The quantitative estimate of drug-likeness (QED) is 0.428. The summed E-state index contributed by atoms with van der Waals surface area (Å²) in [5.74, 6) is -1.01. The SMILES string of the molecule is CCOC(=O)CN(C)C(=O)C(C)Oc1ccccc1[N+](=O)[O-]. The highest BCUT2D eigenvalue weighted by Crippen LogP contribution is 2.26. The van der Waals surface area contributed by atoms with Gasteiger partial charge in [0, 0.05) is 13.1 Å². The van der Waals surface area contributed by atoms with Crippen molar-refractivity contribution in [1.82, 2.24) is 4.90 Å². The van der Waals surface area contributed by atoms with Gasteiger partial charge in [0.05, 0.1) is 11.5 Å². The Labute approximate surface area is 127 Å². The summed E-state index contributed by atoms with van der Waals surface area (Å²) in [5, 5.41) is 10.9. The second-order valence-electron chi connectivity index (χ2n) is 4.48. The normalized spacial score (nSPS) is 11.4. The first kappa shape index (κ1) is 17.4. The largest absolute Gasteiger partial charge is 0.474 e. The molecule has 22 heavy (non-hydrogen) atoms. The molecule has 0 bridgehead atoms. The van der Waals surface area contributed by atoms with Crippen LogP contribution in [0, 0.1) is 10.1 Å². The van der Waals surface area contributed by atoms with Crippen LogP contribution >= 0.6 is 0 Å². The lowest BCUT2D eigenvalue weighted by molar-refractivity contribution is -0.386. The molecule has 120 valence electrons. The van der Waals surface area contributed by atoms with E-state index in [2.05, 4.69) is 0 Å². The van der Waals surface area contributed by atoms with Gasteiger partial charge in [0.2, 0.25) is 0 Å². The lowest BCUT2D eigenvalue weighted by Crippen LogP contribution is -2.41. The van der Waals surface area contributed by atoms with Crippen molar-refractivity contribution in [3.8, 4) is 5.75 Å². The number of nitro benzene ring substituents is 1. The standard InChI is InChI=1S/C14H18N2O6/c1-4-21-13(17)9-15(3)14(18)10(2)22-12-8-6-5-7-11(12)16(19)20/h5-8,10H,4,9H2,1-3H3. The first-order chi connectivity index (χ1) is 10.4. The van der Waals surface area contributed by atoms with Crippen molar-refractivity contribution >= 4 is 17.6 Å². The van der Waals surface area contributed by atoms with Gasteiger partial charge in [-0.3, -0.25) is 19.7 Å². The molecule has 0 aliphatic rings. The third-order valence-corrected chi connectivity index (χ3v) is 2.76. The molecule has 0 N–H and O–H groups in total. The molecule has 1 rings (SSSR count). The fourth-order valence-electron chi connectivity index (χ4n) is 1.74. The molecule has 0 aromatic heterocycles. The van der Waals surface area contributed by atoms with E-state index in [0.717, 1.165) is 4.90 Å². The Morgan fingerprint density at radius 3 is 2.59 bits per heavy atom. The van der Waals surface area contributed by atoms with Gasteiger partial charge in [-0.1, -0.05) is 12.1 Å². The summed E-state index contributed by atoms with van der Waals surface area (Å²) in [4.78, 5) is 34.9. The van der Waals surface area contributed by atoms with Crippen molar-refractivity contribution in [2.75, 3.05) is 20.2 Å². The molecule has 0 spiro atoms. The van der Waals surface area contributed by atoms with Gasteiger partial charge in [0.1, 0.15) is 6.54 Å². The summed E-state index contributed by atoms with van der Waals surface area (Å²) < 4.78 is 10.1. The number of ether oxygens (including phenoxy) is 2. The van der Waals surface area contributed by atoms with Crippen molar-refractivity contribution in [2.24, 2.45) is 0 Å². The predicted molar refractivity (Wildman–Crippen MR) is 77.5 cm³/mol. The molecule has 1 amide bonds. The highest BCUT2D eigenvalue weighted by molar-refractivity contribution is 5.85. The number of para-hydroxylation sites is 2. The fourth-order valence-corrected chi connectivity index (χ4v) is 1.74. The van der Waals surface area contributed by atoms with E-state index in [1.54, 1.807) is 13.0 Å². The van der Waals surface area contributed by atoms with Gasteiger partial charge in [0.15, 0.2) is 11.9 Å². The van der Waals surface area contributed by atoms with Crippen LogP contribution in [-0.2, 0) is 14.3 Å². The number of esters is 1. The van der Waals surface area contributed by atoms with Gasteiger partial charge >= 0.3 is 11.7 Å². The Balaban J connectivity index is 2.72. The van der Waals surface area contributed by atoms with E-state index in [9.17, 15) is 19.7 Å². The third-order valence-electron chi connectivity index (χ3n) is 2.76. The topological polar surface area (TPSA) is 99.0 Å². The number of rotatable bonds is 7. The zero-order chi connectivity index (χ0) is 16.7. The molecule has 8 heteroatoms. The van der Waals surface area contributed by atoms with E-state index in [-0.39, 0.29) is 24.6 Å². The van der Waals surface area contributed by atoms with Crippen LogP contribution in [0.15, 0.2) is 24.3 Å². The summed E-state index contributed by atoms with van der Waals surface area (Å²) in [6, 6.07) is 5.77. The molecular formula is C14H18N2O6. The maximum atomic E-state index is 12.1. The number of benzene rings is 1. The monoisotopic (exact) mass is 310 g/mol. The number of hydrogen-bond donors (Lipinski definition) is 0. The molecule has 0 saturated carbocycles. The van der Waals surface area contributed by atoms with Crippen LogP contribution in [0.25, 0.3) is 0 Å². The number of carbonyl (C=O) groups is 2. The molecule has 0 aliphatic heterocycles. The molecule has 1 unspecified atom stereocenters. The second kappa shape index (κ2) is 7.96.